The topological polar surface area (TPSA) is 76.3 Å². The second-order valence-electron chi connectivity index (χ2n) is 5.27. The van der Waals surface area contributed by atoms with Crippen LogP contribution in [0.3, 0.4) is 0 Å². The number of hydrogen-bond acceptors (Lipinski definition) is 4. The molecule has 5 nitrogen and oxygen atoms in total. The van der Waals surface area contributed by atoms with E-state index >= 15 is 0 Å². The predicted octanol–water partition coefficient (Wildman–Crippen LogP) is 4.33. The van der Waals surface area contributed by atoms with Gasteiger partial charge in [-0.1, -0.05) is 29.8 Å². The van der Waals surface area contributed by atoms with Gasteiger partial charge in [-0.25, -0.2) is 4.98 Å². The van der Waals surface area contributed by atoms with E-state index in [1.54, 1.807) is 18.2 Å². The fraction of sp³-hybridized carbons (Fsp3) is 0.0556. The van der Waals surface area contributed by atoms with Crippen molar-refractivity contribution in [2.75, 3.05) is 0 Å². The molecule has 0 saturated heterocycles. The van der Waals surface area contributed by atoms with Crippen LogP contribution in [0.4, 0.5) is 5.69 Å². The number of pyridine rings is 1. The number of hydrogen-bond donors (Lipinski definition) is 1. The van der Waals surface area contributed by atoms with Crippen molar-refractivity contribution >= 4 is 28.7 Å². The maximum Gasteiger partial charge on any atom is 0.311 e. The third-order valence-electron chi connectivity index (χ3n) is 3.51. The van der Waals surface area contributed by atoms with Gasteiger partial charge in [0.15, 0.2) is 5.75 Å². The molecule has 0 atom stereocenters. The summed E-state index contributed by atoms with van der Waals surface area (Å²) in [5.41, 5.74) is 3.15. The number of nitro groups is 1. The van der Waals surface area contributed by atoms with E-state index in [9.17, 15) is 15.2 Å². The number of aryl methyl sites for hydroxylation is 1. The number of aromatic hydroxyl groups is 1. The fourth-order valence-corrected chi connectivity index (χ4v) is 2.33. The first-order valence-corrected chi connectivity index (χ1v) is 7.06. The van der Waals surface area contributed by atoms with Crippen LogP contribution in [-0.2, 0) is 0 Å². The van der Waals surface area contributed by atoms with Crippen LogP contribution < -0.4 is 0 Å². The Hall–Kier alpha value is -3.21. The molecule has 114 valence electrons. The van der Waals surface area contributed by atoms with E-state index in [4.69, 9.17) is 0 Å². The van der Waals surface area contributed by atoms with Crippen molar-refractivity contribution in [2.24, 2.45) is 0 Å². The maximum absolute atomic E-state index is 10.8. The molecule has 0 aliphatic rings. The normalized spacial score (nSPS) is 11.2. The summed E-state index contributed by atoms with van der Waals surface area (Å²) >= 11 is 0. The maximum atomic E-state index is 10.8. The van der Waals surface area contributed by atoms with Crippen molar-refractivity contribution in [3.05, 3.63) is 75.5 Å². The van der Waals surface area contributed by atoms with Gasteiger partial charge in [-0.15, -0.1) is 0 Å². The second-order valence-corrected chi connectivity index (χ2v) is 5.27. The van der Waals surface area contributed by atoms with Gasteiger partial charge in [0.1, 0.15) is 0 Å². The van der Waals surface area contributed by atoms with Crippen molar-refractivity contribution in [3.63, 3.8) is 0 Å². The molecule has 0 amide bonds. The molecule has 1 heterocycles. The van der Waals surface area contributed by atoms with Gasteiger partial charge in [0.05, 0.1) is 16.1 Å². The van der Waals surface area contributed by atoms with Gasteiger partial charge in [0, 0.05) is 11.5 Å². The molecular weight excluding hydrogens is 292 g/mol. The molecule has 5 heteroatoms. The van der Waals surface area contributed by atoms with Crippen molar-refractivity contribution in [1.29, 1.82) is 0 Å². The zero-order valence-corrected chi connectivity index (χ0v) is 12.4. The lowest BCUT2D eigenvalue weighted by atomic mass is 10.1. The van der Waals surface area contributed by atoms with E-state index in [1.807, 2.05) is 31.2 Å². The van der Waals surface area contributed by atoms with Gasteiger partial charge in [0.25, 0.3) is 0 Å². The molecule has 1 N–H and O–H groups in total. The number of fused-ring (bicyclic) bond motifs is 1. The largest absolute Gasteiger partial charge is 0.502 e. The molecular formula is C18H14N2O3. The summed E-state index contributed by atoms with van der Waals surface area (Å²) in [6, 6.07) is 14.2. The molecule has 23 heavy (non-hydrogen) atoms. The Balaban J connectivity index is 1.92. The highest BCUT2D eigenvalue weighted by molar-refractivity contribution is 5.81. The van der Waals surface area contributed by atoms with Crippen LogP contribution in [0, 0.1) is 17.0 Å². The molecule has 0 fully saturated rings. The van der Waals surface area contributed by atoms with Crippen LogP contribution in [0.1, 0.15) is 16.8 Å². The van der Waals surface area contributed by atoms with Gasteiger partial charge < -0.3 is 5.11 Å². The summed E-state index contributed by atoms with van der Waals surface area (Å²) < 4.78 is 0. The number of nitrogens with zero attached hydrogens (tertiary/aromatic N) is 2. The molecule has 1 aromatic heterocycles. The zero-order chi connectivity index (χ0) is 16.4. The minimum atomic E-state index is -0.608. The number of benzene rings is 2. The monoisotopic (exact) mass is 306 g/mol. The summed E-state index contributed by atoms with van der Waals surface area (Å²) in [7, 11) is 0. The molecule has 3 rings (SSSR count). The quantitative estimate of drug-likeness (QED) is 0.577. The number of phenolic OH excluding ortho intramolecular Hbond substituents is 1. The molecule has 3 aromatic rings. The number of rotatable bonds is 3. The molecule has 0 spiro atoms. The summed E-state index contributed by atoms with van der Waals surface area (Å²) in [5.74, 6) is -0.341. The van der Waals surface area contributed by atoms with Gasteiger partial charge in [0.2, 0.25) is 0 Å². The Labute approximate surface area is 132 Å². The lowest BCUT2D eigenvalue weighted by Gasteiger charge is -2.01. The van der Waals surface area contributed by atoms with Crippen molar-refractivity contribution in [1.82, 2.24) is 4.98 Å². The minimum absolute atomic E-state index is 0.311. The number of phenols is 1. The van der Waals surface area contributed by atoms with Crippen LogP contribution >= 0.6 is 0 Å². The average Bonchev–Trinajstić information content (AvgIpc) is 2.53. The molecule has 2 aromatic carbocycles. The molecule has 0 unspecified atom stereocenters. The van der Waals surface area contributed by atoms with Gasteiger partial charge in [-0.3, -0.25) is 10.1 Å². The van der Waals surface area contributed by atoms with E-state index in [1.165, 1.54) is 17.7 Å². The second kappa shape index (κ2) is 5.88. The van der Waals surface area contributed by atoms with Gasteiger partial charge in [-0.2, -0.15) is 0 Å². The molecule has 0 bridgehead atoms. The zero-order valence-electron chi connectivity index (χ0n) is 12.4. The third kappa shape index (κ3) is 3.18. The first kappa shape index (κ1) is 14.7. The van der Waals surface area contributed by atoms with Crippen LogP contribution in [0.25, 0.3) is 23.1 Å². The Morgan fingerprint density at radius 2 is 1.91 bits per heavy atom. The number of aromatic nitrogens is 1. The van der Waals surface area contributed by atoms with E-state index in [2.05, 4.69) is 11.1 Å². The lowest BCUT2D eigenvalue weighted by molar-refractivity contribution is -0.385. The van der Waals surface area contributed by atoms with Crippen LogP contribution in [0.15, 0.2) is 48.5 Å². The molecule has 0 saturated carbocycles. The molecule has 0 radical (unpaired) electrons. The standard InChI is InChI=1S/C18H14N2O3/c1-12-2-8-16-14(10-12)5-7-15(19-16)6-3-13-4-9-18(21)17(11-13)20(22)23/h2-11,21H,1H3. The minimum Gasteiger partial charge on any atom is -0.502 e. The molecule has 0 aliphatic carbocycles. The first-order valence-electron chi connectivity index (χ1n) is 7.06. The predicted molar refractivity (Wildman–Crippen MR) is 90.2 cm³/mol. The summed E-state index contributed by atoms with van der Waals surface area (Å²) in [4.78, 5) is 14.8. The van der Waals surface area contributed by atoms with E-state index < -0.39 is 4.92 Å². The Kier molecular flexibility index (Phi) is 3.76. The van der Waals surface area contributed by atoms with E-state index in [0.717, 1.165) is 16.6 Å². The van der Waals surface area contributed by atoms with E-state index in [0.29, 0.717) is 5.56 Å². The Morgan fingerprint density at radius 3 is 2.70 bits per heavy atom. The molecule has 0 aliphatic heterocycles. The van der Waals surface area contributed by atoms with Crippen molar-refractivity contribution in [3.8, 4) is 5.75 Å². The summed E-state index contributed by atoms with van der Waals surface area (Å²) in [6.07, 6.45) is 3.52. The number of nitro benzene ring substituents is 1. The van der Waals surface area contributed by atoms with Gasteiger partial charge in [-0.05, 0) is 42.8 Å². The SMILES string of the molecule is Cc1ccc2nc(C=Cc3ccc(O)c([N+](=O)[O-])c3)ccc2c1. The van der Waals surface area contributed by atoms with Crippen molar-refractivity contribution < 1.29 is 10.0 Å². The van der Waals surface area contributed by atoms with Crippen LogP contribution in [0.2, 0.25) is 0 Å². The van der Waals surface area contributed by atoms with Gasteiger partial charge >= 0.3 is 5.69 Å². The van der Waals surface area contributed by atoms with Crippen molar-refractivity contribution in [2.45, 2.75) is 6.92 Å². The fourth-order valence-electron chi connectivity index (χ4n) is 2.33. The van der Waals surface area contributed by atoms with E-state index in [-0.39, 0.29) is 11.4 Å². The van der Waals surface area contributed by atoms with Crippen LogP contribution in [-0.4, -0.2) is 15.0 Å². The lowest BCUT2D eigenvalue weighted by Crippen LogP contribution is -1.89. The van der Waals surface area contributed by atoms with Crippen LogP contribution in [0.5, 0.6) is 5.75 Å². The highest BCUT2D eigenvalue weighted by atomic mass is 16.6. The first-order chi connectivity index (χ1) is 11.0. The Bertz CT molecular complexity index is 933. The Morgan fingerprint density at radius 1 is 1.09 bits per heavy atom. The average molecular weight is 306 g/mol. The smallest absolute Gasteiger partial charge is 0.311 e. The highest BCUT2D eigenvalue weighted by Crippen LogP contribution is 2.27. The summed E-state index contributed by atoms with van der Waals surface area (Å²) in [6.45, 7) is 2.03. The summed E-state index contributed by atoms with van der Waals surface area (Å²) in [5, 5.41) is 21.4. The third-order valence-corrected chi connectivity index (χ3v) is 3.51. The highest BCUT2D eigenvalue weighted by Gasteiger charge is 2.12.